The van der Waals surface area contributed by atoms with Gasteiger partial charge in [-0.1, -0.05) is 36.4 Å². The fourth-order valence-electron chi connectivity index (χ4n) is 4.44. The van der Waals surface area contributed by atoms with E-state index in [0.29, 0.717) is 0 Å². The molecule has 0 spiro atoms. The van der Waals surface area contributed by atoms with E-state index in [-0.39, 0.29) is 28.3 Å². The Kier molecular flexibility index (Phi) is 5.86. The summed E-state index contributed by atoms with van der Waals surface area (Å²) in [7, 11) is -4.23. The second kappa shape index (κ2) is 8.80. The molecule has 2 aliphatic rings. The fraction of sp³-hybridized carbons (Fsp3) is 0.160. The average molecular weight is 531 g/mol. The normalized spacial score (nSPS) is 20.9. The fourth-order valence-corrected chi connectivity index (χ4v) is 5.59. The Labute approximate surface area is 208 Å². The first-order chi connectivity index (χ1) is 17.5. The number of Topliss-reactive ketones (excluding diaryl/α,β-unsaturated/α-hetero) is 1. The summed E-state index contributed by atoms with van der Waals surface area (Å²) in [5.41, 5.74) is -0.490. The Morgan fingerprint density at radius 3 is 2.35 bits per heavy atom. The summed E-state index contributed by atoms with van der Waals surface area (Å²) < 4.78 is 82.5. The number of alkyl halides is 3. The number of benzene rings is 3. The third-order valence-corrected chi connectivity index (χ3v) is 7.46. The van der Waals surface area contributed by atoms with Crippen molar-refractivity contribution in [1.29, 1.82) is 0 Å². The summed E-state index contributed by atoms with van der Waals surface area (Å²) in [5, 5.41) is 2.74. The summed E-state index contributed by atoms with van der Waals surface area (Å²) in [6.07, 6.45) is -4.62. The molecule has 12 heteroatoms. The molecule has 190 valence electrons. The van der Waals surface area contributed by atoms with Gasteiger partial charge in [0.25, 0.3) is 10.0 Å². The number of fused-ring (bicyclic) bond motifs is 1. The van der Waals surface area contributed by atoms with E-state index < -0.39 is 57.1 Å². The minimum Gasteiger partial charge on any atom is -0.341 e. The zero-order valence-corrected chi connectivity index (χ0v) is 19.6. The van der Waals surface area contributed by atoms with Crippen LogP contribution in [0, 0.1) is 11.7 Å². The van der Waals surface area contributed by atoms with Crippen LogP contribution < -0.4 is 5.32 Å². The van der Waals surface area contributed by atoms with E-state index in [2.05, 4.69) is 9.71 Å². The molecule has 2 aliphatic heterocycles. The predicted molar refractivity (Wildman–Crippen MR) is 124 cm³/mol. The Balaban J connectivity index is 1.57. The molecule has 3 aromatic carbocycles. The number of nitrogens with one attached hydrogen (secondary N) is 1. The highest BCUT2D eigenvalue weighted by Gasteiger charge is 2.51. The van der Waals surface area contributed by atoms with Crippen LogP contribution in [0.5, 0.6) is 0 Å². The average Bonchev–Trinajstić information content (AvgIpc) is 3.08. The van der Waals surface area contributed by atoms with E-state index in [1.54, 1.807) is 6.07 Å². The van der Waals surface area contributed by atoms with Crippen molar-refractivity contribution in [3.63, 3.8) is 0 Å². The number of ketones is 1. The first-order valence-corrected chi connectivity index (χ1v) is 12.4. The monoisotopic (exact) mass is 531 g/mol. The molecule has 2 heterocycles. The number of para-hydroxylation sites is 1. The first kappa shape index (κ1) is 24.6. The van der Waals surface area contributed by atoms with Crippen LogP contribution in [0.1, 0.15) is 22.7 Å². The van der Waals surface area contributed by atoms with Crippen LogP contribution in [0.15, 0.2) is 82.1 Å². The van der Waals surface area contributed by atoms with Crippen LogP contribution in [-0.4, -0.2) is 30.8 Å². The molecule has 0 radical (unpaired) electrons. The van der Waals surface area contributed by atoms with E-state index >= 15 is 0 Å². The molecule has 0 bridgehead atoms. The number of sulfonamides is 1. The minimum atomic E-state index is -4.62. The Morgan fingerprint density at radius 2 is 1.65 bits per heavy atom. The van der Waals surface area contributed by atoms with Gasteiger partial charge < -0.3 is 10.2 Å². The molecule has 0 saturated carbocycles. The van der Waals surface area contributed by atoms with Crippen molar-refractivity contribution >= 4 is 33.2 Å². The number of carbonyl (C=O) groups excluding carboxylic acids is 2. The number of amidine groups is 1. The molecule has 0 aliphatic carbocycles. The molecule has 7 nitrogen and oxygen atoms in total. The second-order valence-corrected chi connectivity index (χ2v) is 10.1. The largest absolute Gasteiger partial charge is 0.416 e. The Hall–Kier alpha value is -4.06. The lowest BCUT2D eigenvalue weighted by Crippen LogP contribution is -2.37. The van der Waals surface area contributed by atoms with E-state index in [1.807, 2.05) is 0 Å². The SMILES string of the molecule is O=C1C(C2=NS(=O)(=O)c3ccccc3N2)C(=O)N(Cc2cccc(C(F)(F)F)c2)[C@H]1c1ccc(F)cc1. The lowest BCUT2D eigenvalue weighted by Gasteiger charge is -2.24. The van der Waals surface area contributed by atoms with Crippen LogP contribution in [-0.2, 0) is 32.3 Å². The van der Waals surface area contributed by atoms with Gasteiger partial charge >= 0.3 is 6.18 Å². The number of hydrogen-bond donors (Lipinski definition) is 1. The smallest absolute Gasteiger partial charge is 0.341 e. The number of nitrogens with zero attached hydrogens (tertiary/aromatic N) is 2. The summed E-state index contributed by atoms with van der Waals surface area (Å²) in [6, 6.07) is 13.5. The molecule has 1 amide bonds. The zero-order valence-electron chi connectivity index (χ0n) is 18.7. The van der Waals surface area contributed by atoms with Crippen molar-refractivity contribution in [2.45, 2.75) is 23.7 Å². The van der Waals surface area contributed by atoms with Gasteiger partial charge in [0.2, 0.25) is 5.91 Å². The number of anilines is 1. The molecule has 1 saturated heterocycles. The maximum absolute atomic E-state index is 13.6. The van der Waals surface area contributed by atoms with Gasteiger partial charge in [0, 0.05) is 6.54 Å². The lowest BCUT2D eigenvalue weighted by molar-refractivity contribution is -0.137. The highest BCUT2D eigenvalue weighted by molar-refractivity contribution is 7.90. The maximum atomic E-state index is 13.6. The Bertz CT molecular complexity index is 1550. The number of rotatable bonds is 4. The van der Waals surface area contributed by atoms with Gasteiger partial charge in [0.15, 0.2) is 11.7 Å². The molecule has 1 unspecified atom stereocenters. The summed E-state index contributed by atoms with van der Waals surface area (Å²) >= 11 is 0. The standard InChI is InChI=1S/C25H17F4N3O4S/c26-17-10-8-15(9-11-17)21-22(33)20(23-30-18-6-1-2-7-19(18)37(35,36)31-23)24(34)32(21)13-14-4-3-5-16(12-14)25(27,28)29/h1-12,20-21H,13H2,(H,30,31)/t20?,21-/m0/s1. The van der Waals surface area contributed by atoms with Crippen molar-refractivity contribution in [3.05, 3.63) is 95.3 Å². The van der Waals surface area contributed by atoms with Gasteiger partial charge in [-0.25, -0.2) is 4.39 Å². The highest BCUT2D eigenvalue weighted by atomic mass is 32.2. The van der Waals surface area contributed by atoms with Gasteiger partial charge in [0.05, 0.1) is 11.3 Å². The van der Waals surface area contributed by atoms with Crippen LogP contribution >= 0.6 is 0 Å². The van der Waals surface area contributed by atoms with E-state index in [4.69, 9.17) is 0 Å². The highest BCUT2D eigenvalue weighted by Crippen LogP contribution is 2.38. The maximum Gasteiger partial charge on any atom is 0.416 e. The molecule has 1 fully saturated rings. The van der Waals surface area contributed by atoms with Crippen molar-refractivity contribution in [3.8, 4) is 0 Å². The summed E-state index contributed by atoms with van der Waals surface area (Å²) in [4.78, 5) is 28.1. The molecular weight excluding hydrogens is 514 g/mol. The molecule has 1 N–H and O–H groups in total. The second-order valence-electron chi connectivity index (χ2n) is 8.53. The number of amides is 1. The van der Waals surface area contributed by atoms with Crippen molar-refractivity contribution < 1.29 is 35.6 Å². The molecular formula is C25H17F4N3O4S. The van der Waals surface area contributed by atoms with Crippen molar-refractivity contribution in [2.24, 2.45) is 10.3 Å². The quantitative estimate of drug-likeness (QED) is 0.400. The Morgan fingerprint density at radius 1 is 0.946 bits per heavy atom. The van der Waals surface area contributed by atoms with Crippen molar-refractivity contribution in [2.75, 3.05) is 5.32 Å². The molecule has 2 atom stereocenters. The first-order valence-electron chi connectivity index (χ1n) is 10.9. The van der Waals surface area contributed by atoms with Gasteiger partial charge in [-0.3, -0.25) is 9.59 Å². The molecule has 3 aromatic rings. The van der Waals surface area contributed by atoms with E-state index in [9.17, 15) is 35.6 Å². The van der Waals surface area contributed by atoms with Gasteiger partial charge in [-0.05, 0) is 47.5 Å². The van der Waals surface area contributed by atoms with Crippen LogP contribution in [0.2, 0.25) is 0 Å². The van der Waals surface area contributed by atoms with E-state index in [1.165, 1.54) is 42.5 Å². The van der Waals surface area contributed by atoms with Gasteiger partial charge in [-0.15, -0.1) is 4.40 Å². The van der Waals surface area contributed by atoms with Crippen molar-refractivity contribution in [1.82, 2.24) is 4.90 Å². The molecule has 37 heavy (non-hydrogen) atoms. The van der Waals surface area contributed by atoms with Gasteiger partial charge in [-0.2, -0.15) is 21.6 Å². The third-order valence-electron chi connectivity index (χ3n) is 6.11. The third kappa shape index (κ3) is 4.48. The van der Waals surface area contributed by atoms with Gasteiger partial charge in [0.1, 0.15) is 22.6 Å². The number of carbonyl (C=O) groups is 2. The van der Waals surface area contributed by atoms with Crippen LogP contribution in [0.4, 0.5) is 23.2 Å². The topological polar surface area (TPSA) is 95.9 Å². The van der Waals surface area contributed by atoms with Crippen LogP contribution in [0.25, 0.3) is 0 Å². The van der Waals surface area contributed by atoms with E-state index in [0.717, 1.165) is 29.2 Å². The summed E-state index contributed by atoms with van der Waals surface area (Å²) in [5.74, 6) is -4.26. The molecule has 5 rings (SSSR count). The predicted octanol–water partition coefficient (Wildman–Crippen LogP) is 4.33. The zero-order chi connectivity index (χ0) is 26.5. The van der Waals surface area contributed by atoms with Crippen LogP contribution in [0.3, 0.4) is 0 Å². The minimum absolute atomic E-state index is 0.0974. The lowest BCUT2D eigenvalue weighted by atomic mass is 9.96. The number of hydrogen-bond acceptors (Lipinski definition) is 5. The number of halogens is 4. The molecule has 0 aromatic heterocycles. The summed E-state index contributed by atoms with van der Waals surface area (Å²) in [6.45, 7) is -0.385. The number of likely N-dealkylation sites (tertiary alicyclic amines) is 1.